The van der Waals surface area contributed by atoms with Gasteiger partial charge in [-0.1, -0.05) is 23.4 Å². The number of nitrogens with one attached hydrogen (secondary N) is 2. The van der Waals surface area contributed by atoms with Crippen LogP contribution in [-0.2, 0) is 14.3 Å². The molecule has 0 aliphatic carbocycles. The summed E-state index contributed by atoms with van der Waals surface area (Å²) in [5, 5.41) is 15.9. The monoisotopic (exact) mass is 400 g/mol. The minimum atomic E-state index is -0.638. The molecule has 0 saturated carbocycles. The van der Waals surface area contributed by atoms with Crippen molar-refractivity contribution in [3.05, 3.63) is 33.3 Å². The lowest BCUT2D eigenvalue weighted by atomic mass is 10.2. The average molecular weight is 401 g/mol. The van der Waals surface area contributed by atoms with Gasteiger partial charge in [-0.15, -0.1) is 0 Å². The number of thioether (sulfide) groups is 1. The van der Waals surface area contributed by atoms with Crippen LogP contribution in [0.5, 0.6) is 0 Å². The van der Waals surface area contributed by atoms with Crippen LogP contribution in [0.25, 0.3) is 0 Å². The number of nitrogens with zero attached hydrogens (tertiary/aromatic N) is 2. The second kappa shape index (κ2) is 8.97. The van der Waals surface area contributed by atoms with E-state index in [4.69, 9.17) is 16.3 Å². The van der Waals surface area contributed by atoms with Crippen molar-refractivity contribution in [2.75, 3.05) is 19.0 Å². The third-order valence-corrected chi connectivity index (χ3v) is 4.75. The Morgan fingerprint density at radius 2 is 2.31 bits per heavy atom. The van der Waals surface area contributed by atoms with Gasteiger partial charge in [-0.25, -0.2) is 0 Å². The van der Waals surface area contributed by atoms with Crippen molar-refractivity contribution < 1.29 is 19.2 Å². The maximum Gasteiger partial charge on any atom is 0.271 e. The van der Waals surface area contributed by atoms with Gasteiger partial charge < -0.3 is 15.4 Å². The molecular formula is C15H17ClN4O5S. The summed E-state index contributed by atoms with van der Waals surface area (Å²) in [6.45, 7) is 2.25. The van der Waals surface area contributed by atoms with Crippen LogP contribution in [0.1, 0.15) is 13.3 Å². The summed E-state index contributed by atoms with van der Waals surface area (Å²) in [5.41, 5.74) is -0.0730. The maximum atomic E-state index is 12.2. The first kappa shape index (κ1) is 20.1. The van der Waals surface area contributed by atoms with Gasteiger partial charge >= 0.3 is 0 Å². The Kier molecular flexibility index (Phi) is 6.95. The molecule has 2 amide bonds. The van der Waals surface area contributed by atoms with Gasteiger partial charge in [0.2, 0.25) is 11.8 Å². The number of rotatable bonds is 7. The zero-order valence-electron chi connectivity index (χ0n) is 14.0. The van der Waals surface area contributed by atoms with Gasteiger partial charge in [0.1, 0.15) is 5.25 Å². The number of aliphatic imine (C=N–C) groups is 1. The Bertz CT molecular complexity index is 758. The molecule has 1 heterocycles. The van der Waals surface area contributed by atoms with Crippen LogP contribution in [0.3, 0.4) is 0 Å². The van der Waals surface area contributed by atoms with E-state index >= 15 is 0 Å². The number of benzene rings is 1. The molecule has 1 aliphatic rings. The molecule has 2 unspecified atom stereocenters. The number of ether oxygens (including phenoxy) is 1. The molecule has 2 rings (SSSR count). The van der Waals surface area contributed by atoms with Crippen LogP contribution >= 0.6 is 23.4 Å². The Labute approximate surface area is 158 Å². The molecule has 0 aromatic heterocycles. The Hall–Kier alpha value is -2.17. The van der Waals surface area contributed by atoms with Crippen LogP contribution in [-0.4, -0.2) is 46.9 Å². The molecule has 1 aliphatic heterocycles. The highest BCUT2D eigenvalue weighted by Crippen LogP contribution is 2.28. The molecule has 11 heteroatoms. The number of hydrogen-bond donors (Lipinski definition) is 2. The Balaban J connectivity index is 1.99. The van der Waals surface area contributed by atoms with E-state index < -0.39 is 16.1 Å². The van der Waals surface area contributed by atoms with E-state index in [9.17, 15) is 19.7 Å². The van der Waals surface area contributed by atoms with E-state index in [0.717, 1.165) is 11.8 Å². The van der Waals surface area contributed by atoms with Crippen LogP contribution in [0.4, 0.5) is 11.4 Å². The number of nitro groups is 1. The van der Waals surface area contributed by atoms with Crippen molar-refractivity contribution in [2.24, 2.45) is 4.99 Å². The molecule has 1 saturated heterocycles. The highest BCUT2D eigenvalue weighted by Gasteiger charge is 2.32. The quantitative estimate of drug-likeness (QED) is 0.534. The Morgan fingerprint density at radius 3 is 2.96 bits per heavy atom. The zero-order valence-corrected chi connectivity index (χ0v) is 15.6. The lowest BCUT2D eigenvalue weighted by molar-refractivity contribution is -0.384. The summed E-state index contributed by atoms with van der Waals surface area (Å²) in [6.07, 6.45) is -0.118. The highest BCUT2D eigenvalue weighted by molar-refractivity contribution is 8.15. The smallest absolute Gasteiger partial charge is 0.271 e. The van der Waals surface area contributed by atoms with Crippen LogP contribution < -0.4 is 10.6 Å². The van der Waals surface area contributed by atoms with E-state index in [2.05, 4.69) is 15.6 Å². The van der Waals surface area contributed by atoms with E-state index in [1.54, 1.807) is 7.11 Å². The number of halogens is 1. The first-order chi connectivity index (χ1) is 12.3. The van der Waals surface area contributed by atoms with Gasteiger partial charge in [0, 0.05) is 25.7 Å². The van der Waals surface area contributed by atoms with E-state index in [1.807, 2.05) is 6.92 Å². The summed E-state index contributed by atoms with van der Waals surface area (Å²) in [5.74, 6) is -0.801. The predicted octanol–water partition coefficient (Wildman–Crippen LogP) is 2.20. The average Bonchev–Trinajstić information content (AvgIpc) is 2.88. The SMILES string of the molecule is COCC(C)N=C1NC(=O)C(CC(=O)Nc2cc([N+](=O)[O-])ccc2Cl)S1. The number of methoxy groups -OCH3 is 1. The first-order valence-electron chi connectivity index (χ1n) is 7.58. The second-order valence-corrected chi connectivity index (χ2v) is 7.11. The van der Waals surface area contributed by atoms with Gasteiger partial charge in [-0.05, 0) is 13.0 Å². The highest BCUT2D eigenvalue weighted by atomic mass is 35.5. The third kappa shape index (κ3) is 5.41. The number of carbonyl (C=O) groups excluding carboxylic acids is 2. The number of amidine groups is 1. The molecule has 1 aromatic carbocycles. The summed E-state index contributed by atoms with van der Waals surface area (Å²) in [4.78, 5) is 38.7. The van der Waals surface area contributed by atoms with Gasteiger partial charge in [0.15, 0.2) is 5.17 Å². The predicted molar refractivity (Wildman–Crippen MR) is 99.6 cm³/mol. The van der Waals surface area contributed by atoms with Crippen molar-refractivity contribution in [1.29, 1.82) is 0 Å². The summed E-state index contributed by atoms with van der Waals surface area (Å²) in [7, 11) is 1.56. The number of anilines is 1. The molecule has 26 heavy (non-hydrogen) atoms. The van der Waals surface area contributed by atoms with Crippen molar-refractivity contribution in [3.63, 3.8) is 0 Å². The lowest BCUT2D eigenvalue weighted by Gasteiger charge is -2.09. The molecule has 0 bridgehead atoms. The van der Waals surface area contributed by atoms with E-state index in [1.165, 1.54) is 18.2 Å². The molecule has 140 valence electrons. The fourth-order valence-electron chi connectivity index (χ4n) is 2.17. The molecule has 2 atom stereocenters. The minimum Gasteiger partial charge on any atom is -0.382 e. The standard InChI is InChI=1S/C15H17ClN4O5S/c1-8(7-25-2)17-15-19-14(22)12(26-15)6-13(21)18-11-5-9(20(23)24)3-4-10(11)16/h3-5,8,12H,6-7H2,1-2H3,(H,18,21)(H,17,19,22). The van der Waals surface area contributed by atoms with E-state index in [0.29, 0.717) is 11.8 Å². The molecule has 1 aromatic rings. The largest absolute Gasteiger partial charge is 0.382 e. The molecule has 0 spiro atoms. The van der Waals surface area contributed by atoms with Crippen molar-refractivity contribution >= 4 is 51.7 Å². The fourth-order valence-corrected chi connectivity index (χ4v) is 3.41. The number of carbonyl (C=O) groups is 2. The number of amides is 2. The summed E-state index contributed by atoms with van der Waals surface area (Å²) in [6, 6.07) is 3.61. The lowest BCUT2D eigenvalue weighted by Crippen LogP contribution is -2.28. The maximum absolute atomic E-state index is 12.2. The van der Waals surface area contributed by atoms with Crippen LogP contribution in [0.2, 0.25) is 5.02 Å². The number of hydrogen-bond acceptors (Lipinski definition) is 7. The number of non-ortho nitro benzene ring substituents is 1. The van der Waals surface area contributed by atoms with Gasteiger partial charge in [-0.3, -0.25) is 24.7 Å². The van der Waals surface area contributed by atoms with Crippen molar-refractivity contribution in [2.45, 2.75) is 24.6 Å². The van der Waals surface area contributed by atoms with Gasteiger partial charge in [0.05, 0.1) is 28.3 Å². The van der Waals surface area contributed by atoms with Gasteiger partial charge in [0.25, 0.3) is 5.69 Å². The fraction of sp³-hybridized carbons (Fsp3) is 0.400. The van der Waals surface area contributed by atoms with Crippen LogP contribution in [0.15, 0.2) is 23.2 Å². The van der Waals surface area contributed by atoms with Gasteiger partial charge in [-0.2, -0.15) is 0 Å². The second-order valence-electron chi connectivity index (χ2n) is 5.51. The van der Waals surface area contributed by atoms with Crippen LogP contribution in [0, 0.1) is 10.1 Å². The Morgan fingerprint density at radius 1 is 1.58 bits per heavy atom. The topological polar surface area (TPSA) is 123 Å². The third-order valence-electron chi connectivity index (χ3n) is 3.33. The summed E-state index contributed by atoms with van der Waals surface area (Å²) < 4.78 is 4.98. The van der Waals surface area contributed by atoms with Crippen molar-refractivity contribution in [1.82, 2.24) is 5.32 Å². The number of nitro benzene ring substituents is 1. The first-order valence-corrected chi connectivity index (χ1v) is 8.84. The molecular weight excluding hydrogens is 384 g/mol. The zero-order chi connectivity index (χ0) is 19.3. The minimum absolute atomic E-state index is 0.118. The molecule has 2 N–H and O–H groups in total. The molecule has 1 fully saturated rings. The molecule has 9 nitrogen and oxygen atoms in total. The summed E-state index contributed by atoms with van der Waals surface area (Å²) >= 11 is 7.10. The normalized spacial score (nSPS) is 19.3. The van der Waals surface area contributed by atoms with E-state index in [-0.39, 0.29) is 34.8 Å². The van der Waals surface area contributed by atoms with Crippen molar-refractivity contribution in [3.8, 4) is 0 Å². The molecule has 0 radical (unpaired) electrons.